The highest BCUT2D eigenvalue weighted by Crippen LogP contribution is 2.44. The van der Waals surface area contributed by atoms with Gasteiger partial charge in [-0.2, -0.15) is 0 Å². The second-order valence-corrected chi connectivity index (χ2v) is 11.5. The van der Waals surface area contributed by atoms with Gasteiger partial charge in [-0.1, -0.05) is 109 Å². The first-order valence-corrected chi connectivity index (χ1v) is 15.2. The first-order valence-electron chi connectivity index (χ1n) is 15.2. The molecule has 0 fully saturated rings. The minimum Gasteiger partial charge on any atom is -0.292 e. The molecule has 0 atom stereocenters. The summed E-state index contributed by atoms with van der Waals surface area (Å²) in [5.74, 6) is 0.878. The van der Waals surface area contributed by atoms with Crippen LogP contribution in [0.1, 0.15) is 0 Å². The van der Waals surface area contributed by atoms with Gasteiger partial charge in [0.2, 0.25) is 0 Å². The minimum atomic E-state index is 0.878. The Labute approximate surface area is 260 Å². The van der Waals surface area contributed by atoms with Gasteiger partial charge in [0.1, 0.15) is 5.82 Å². The Morgan fingerprint density at radius 2 is 1.04 bits per heavy atom. The molecule has 0 radical (unpaired) electrons. The van der Waals surface area contributed by atoms with Crippen LogP contribution in [0.25, 0.3) is 82.7 Å². The van der Waals surface area contributed by atoms with Crippen LogP contribution >= 0.6 is 0 Å². The molecule has 0 bridgehead atoms. The van der Waals surface area contributed by atoms with E-state index in [-0.39, 0.29) is 0 Å². The van der Waals surface area contributed by atoms with Crippen molar-refractivity contribution in [2.45, 2.75) is 0 Å². The average Bonchev–Trinajstić information content (AvgIpc) is 3.50. The van der Waals surface area contributed by atoms with E-state index in [1.807, 2.05) is 18.3 Å². The molecule has 2 heterocycles. The molecule has 2 aromatic heterocycles. The molecule has 0 aliphatic heterocycles. The number of pyridine rings is 1. The van der Waals surface area contributed by atoms with Crippen molar-refractivity contribution < 1.29 is 0 Å². The van der Waals surface area contributed by atoms with Gasteiger partial charge in [-0.15, -0.1) is 0 Å². The number of aromatic nitrogens is 3. The Balaban J connectivity index is 1.32. The standard InChI is InChI=1S/C42H27N3/c1-2-14-33(15-3-1)45-39-23-22-31(26-38(39)44-42(45)32-13-10-24-43-27-32)41-36-18-8-6-16-34(36)40(35-17-7-9-19-37(35)41)30-21-20-28-11-4-5-12-29(28)25-30/h1-27H. The Morgan fingerprint density at radius 3 is 1.71 bits per heavy atom. The predicted octanol–water partition coefficient (Wildman–Crippen LogP) is 10.9. The third-order valence-corrected chi connectivity index (χ3v) is 8.85. The molecule has 7 aromatic carbocycles. The van der Waals surface area contributed by atoms with Crippen molar-refractivity contribution in [1.82, 2.24) is 14.5 Å². The fraction of sp³-hybridized carbons (Fsp3) is 0. The van der Waals surface area contributed by atoms with E-state index in [1.54, 1.807) is 6.20 Å². The van der Waals surface area contributed by atoms with Gasteiger partial charge in [-0.3, -0.25) is 9.55 Å². The van der Waals surface area contributed by atoms with Crippen molar-refractivity contribution in [1.29, 1.82) is 0 Å². The van der Waals surface area contributed by atoms with Gasteiger partial charge in [0.15, 0.2) is 0 Å². The molecule has 9 rings (SSSR count). The molecule has 0 saturated heterocycles. The number of nitrogens with zero attached hydrogens (tertiary/aromatic N) is 3. The zero-order valence-corrected chi connectivity index (χ0v) is 24.4. The molecule has 0 amide bonds. The Kier molecular flexibility index (Phi) is 5.82. The van der Waals surface area contributed by atoms with Crippen LogP contribution in [0, 0.1) is 0 Å². The van der Waals surface area contributed by atoms with E-state index in [0.29, 0.717) is 0 Å². The molecule has 45 heavy (non-hydrogen) atoms. The lowest BCUT2D eigenvalue weighted by atomic mass is 9.85. The molecule has 210 valence electrons. The highest BCUT2D eigenvalue weighted by molar-refractivity contribution is 6.22. The lowest BCUT2D eigenvalue weighted by Crippen LogP contribution is -1.97. The summed E-state index contributed by atoms with van der Waals surface area (Å²) in [6, 6.07) is 54.2. The molecule has 0 saturated carbocycles. The van der Waals surface area contributed by atoms with Gasteiger partial charge in [0.05, 0.1) is 11.0 Å². The van der Waals surface area contributed by atoms with Crippen LogP contribution in [0.15, 0.2) is 164 Å². The lowest BCUT2D eigenvalue weighted by Gasteiger charge is -2.18. The molecule has 0 aliphatic carbocycles. The van der Waals surface area contributed by atoms with Gasteiger partial charge >= 0.3 is 0 Å². The van der Waals surface area contributed by atoms with Gasteiger partial charge in [-0.25, -0.2) is 4.98 Å². The van der Waals surface area contributed by atoms with Gasteiger partial charge in [-0.05, 0) is 97.0 Å². The number of fused-ring (bicyclic) bond motifs is 4. The number of benzene rings is 7. The van der Waals surface area contributed by atoms with Crippen molar-refractivity contribution in [2.24, 2.45) is 0 Å². The summed E-state index contributed by atoms with van der Waals surface area (Å²) in [7, 11) is 0. The summed E-state index contributed by atoms with van der Waals surface area (Å²) in [6.45, 7) is 0. The SMILES string of the molecule is c1ccc(-n2c(-c3cccnc3)nc3cc(-c4c5ccccc5c(-c5ccc6ccccc6c5)c5ccccc45)ccc32)cc1. The van der Waals surface area contributed by atoms with Crippen LogP contribution in [0.4, 0.5) is 0 Å². The normalized spacial score (nSPS) is 11.6. The van der Waals surface area contributed by atoms with Gasteiger partial charge < -0.3 is 0 Å². The van der Waals surface area contributed by atoms with E-state index in [9.17, 15) is 0 Å². The molecule has 3 heteroatoms. The number of imidazole rings is 1. The fourth-order valence-corrected chi connectivity index (χ4v) is 6.86. The van der Waals surface area contributed by atoms with E-state index in [2.05, 4.69) is 149 Å². The number of rotatable bonds is 4. The summed E-state index contributed by atoms with van der Waals surface area (Å²) < 4.78 is 2.23. The summed E-state index contributed by atoms with van der Waals surface area (Å²) in [5, 5.41) is 7.44. The molecule has 0 unspecified atom stereocenters. The van der Waals surface area contributed by atoms with E-state index >= 15 is 0 Å². The quantitative estimate of drug-likeness (QED) is 0.196. The largest absolute Gasteiger partial charge is 0.292 e. The maximum Gasteiger partial charge on any atom is 0.147 e. The Hall–Kier alpha value is -6.06. The number of hydrogen-bond donors (Lipinski definition) is 0. The zero-order chi connectivity index (χ0) is 29.7. The summed E-state index contributed by atoms with van der Waals surface area (Å²) in [6.07, 6.45) is 3.68. The summed E-state index contributed by atoms with van der Waals surface area (Å²) in [5.41, 5.74) is 8.93. The second kappa shape index (κ2) is 10.3. The maximum atomic E-state index is 5.22. The van der Waals surface area contributed by atoms with Crippen molar-refractivity contribution in [3.8, 4) is 39.3 Å². The van der Waals surface area contributed by atoms with Gasteiger partial charge in [0.25, 0.3) is 0 Å². The monoisotopic (exact) mass is 573 g/mol. The Morgan fingerprint density at radius 1 is 0.444 bits per heavy atom. The van der Waals surface area contributed by atoms with E-state index in [4.69, 9.17) is 4.98 Å². The first-order chi connectivity index (χ1) is 22.3. The third kappa shape index (κ3) is 4.13. The zero-order valence-electron chi connectivity index (χ0n) is 24.4. The molecule has 0 N–H and O–H groups in total. The van der Waals surface area contributed by atoms with Crippen LogP contribution in [0.2, 0.25) is 0 Å². The topological polar surface area (TPSA) is 30.7 Å². The van der Waals surface area contributed by atoms with Crippen LogP contribution in [-0.2, 0) is 0 Å². The molecule has 0 aliphatic rings. The minimum absolute atomic E-state index is 0.878. The molecular weight excluding hydrogens is 546 g/mol. The van der Waals surface area contributed by atoms with Crippen molar-refractivity contribution >= 4 is 43.4 Å². The highest BCUT2D eigenvalue weighted by Gasteiger charge is 2.19. The second-order valence-electron chi connectivity index (χ2n) is 11.5. The summed E-state index contributed by atoms with van der Waals surface area (Å²) >= 11 is 0. The van der Waals surface area contributed by atoms with Crippen LogP contribution in [-0.4, -0.2) is 14.5 Å². The van der Waals surface area contributed by atoms with Crippen molar-refractivity contribution in [3.63, 3.8) is 0 Å². The molecule has 0 spiro atoms. The summed E-state index contributed by atoms with van der Waals surface area (Å²) in [4.78, 5) is 9.62. The van der Waals surface area contributed by atoms with Crippen LogP contribution < -0.4 is 0 Å². The fourth-order valence-electron chi connectivity index (χ4n) is 6.86. The predicted molar refractivity (Wildman–Crippen MR) is 188 cm³/mol. The van der Waals surface area contributed by atoms with E-state index < -0.39 is 0 Å². The molecular formula is C42H27N3. The van der Waals surface area contributed by atoms with Crippen molar-refractivity contribution in [2.75, 3.05) is 0 Å². The average molecular weight is 574 g/mol. The van der Waals surface area contributed by atoms with E-state index in [1.165, 1.54) is 49.0 Å². The highest BCUT2D eigenvalue weighted by atomic mass is 15.1. The first kappa shape index (κ1) is 25.4. The van der Waals surface area contributed by atoms with Gasteiger partial charge in [0, 0.05) is 23.6 Å². The lowest BCUT2D eigenvalue weighted by molar-refractivity contribution is 1.10. The maximum absolute atomic E-state index is 5.22. The molecule has 3 nitrogen and oxygen atoms in total. The molecule has 9 aromatic rings. The number of para-hydroxylation sites is 1. The Bertz CT molecular complexity index is 2470. The smallest absolute Gasteiger partial charge is 0.147 e. The third-order valence-electron chi connectivity index (χ3n) is 8.85. The van der Waals surface area contributed by atoms with Crippen LogP contribution in [0.3, 0.4) is 0 Å². The van der Waals surface area contributed by atoms with Crippen molar-refractivity contribution in [3.05, 3.63) is 164 Å². The number of hydrogen-bond acceptors (Lipinski definition) is 2. The van der Waals surface area contributed by atoms with E-state index in [0.717, 1.165) is 33.7 Å². The van der Waals surface area contributed by atoms with Crippen LogP contribution in [0.5, 0.6) is 0 Å².